The molecular formula is C17H23N3O. The molecule has 112 valence electrons. The summed E-state index contributed by atoms with van der Waals surface area (Å²) in [5, 5.41) is 3.44. The van der Waals surface area contributed by atoms with Crippen LogP contribution in [0.3, 0.4) is 0 Å². The molecule has 1 N–H and O–H groups in total. The molecule has 0 unspecified atom stereocenters. The van der Waals surface area contributed by atoms with Crippen LogP contribution < -0.4 is 10.1 Å². The van der Waals surface area contributed by atoms with E-state index in [-0.39, 0.29) is 5.54 Å². The summed E-state index contributed by atoms with van der Waals surface area (Å²) >= 11 is 0. The minimum Gasteiger partial charge on any atom is -0.459 e. The van der Waals surface area contributed by atoms with Crippen LogP contribution in [0.5, 0.6) is 6.01 Å². The lowest BCUT2D eigenvalue weighted by Gasteiger charge is -2.21. The monoisotopic (exact) mass is 285 g/mol. The van der Waals surface area contributed by atoms with Crippen LogP contribution in [0, 0.1) is 6.92 Å². The van der Waals surface area contributed by atoms with Gasteiger partial charge in [0.2, 0.25) is 0 Å². The van der Waals surface area contributed by atoms with Crippen molar-refractivity contribution in [1.29, 1.82) is 0 Å². The zero-order valence-corrected chi connectivity index (χ0v) is 13.2. The molecular weight excluding hydrogens is 262 g/mol. The Hall–Kier alpha value is -1.94. The van der Waals surface area contributed by atoms with Crippen molar-refractivity contribution in [2.75, 3.05) is 0 Å². The molecule has 0 aliphatic carbocycles. The van der Waals surface area contributed by atoms with Gasteiger partial charge in [0.1, 0.15) is 6.61 Å². The smallest absolute Gasteiger partial charge is 0.316 e. The molecule has 2 rings (SSSR count). The van der Waals surface area contributed by atoms with Crippen molar-refractivity contribution in [2.24, 2.45) is 0 Å². The minimum atomic E-state index is 0.0783. The topological polar surface area (TPSA) is 47.0 Å². The van der Waals surface area contributed by atoms with Crippen molar-refractivity contribution in [3.63, 3.8) is 0 Å². The molecule has 0 atom stereocenters. The third kappa shape index (κ3) is 5.16. The molecule has 1 aromatic carbocycles. The van der Waals surface area contributed by atoms with Crippen LogP contribution in [0.1, 0.15) is 37.6 Å². The van der Waals surface area contributed by atoms with Crippen LogP contribution in [0.4, 0.5) is 0 Å². The molecule has 4 nitrogen and oxygen atoms in total. The summed E-state index contributed by atoms with van der Waals surface area (Å²) in [5.41, 5.74) is 3.23. The van der Waals surface area contributed by atoms with Crippen molar-refractivity contribution < 1.29 is 4.74 Å². The van der Waals surface area contributed by atoms with Gasteiger partial charge in [0.25, 0.3) is 0 Å². The molecule has 0 spiro atoms. The van der Waals surface area contributed by atoms with Gasteiger partial charge < -0.3 is 10.1 Å². The molecule has 0 saturated heterocycles. The van der Waals surface area contributed by atoms with E-state index in [0.29, 0.717) is 12.6 Å². The van der Waals surface area contributed by atoms with Crippen molar-refractivity contribution >= 4 is 0 Å². The van der Waals surface area contributed by atoms with Gasteiger partial charge in [-0.25, -0.2) is 9.97 Å². The fourth-order valence-corrected chi connectivity index (χ4v) is 1.80. The fraction of sp³-hybridized carbons (Fsp3) is 0.412. The van der Waals surface area contributed by atoms with E-state index in [1.54, 1.807) is 0 Å². The van der Waals surface area contributed by atoms with E-state index in [2.05, 4.69) is 36.1 Å². The summed E-state index contributed by atoms with van der Waals surface area (Å²) in [6.07, 6.45) is 1.83. The Morgan fingerprint density at radius 2 is 1.86 bits per heavy atom. The number of aryl methyl sites for hydroxylation is 1. The Morgan fingerprint density at radius 1 is 1.14 bits per heavy atom. The Labute approximate surface area is 126 Å². The highest BCUT2D eigenvalue weighted by Gasteiger charge is 2.11. The van der Waals surface area contributed by atoms with Gasteiger partial charge in [-0.2, -0.15) is 0 Å². The maximum Gasteiger partial charge on any atom is 0.316 e. The van der Waals surface area contributed by atoms with Gasteiger partial charge in [-0.1, -0.05) is 30.3 Å². The second kappa shape index (κ2) is 6.68. The summed E-state index contributed by atoms with van der Waals surface area (Å²) in [5.74, 6) is 0. The molecule has 2 aromatic rings. The van der Waals surface area contributed by atoms with E-state index in [1.807, 2.05) is 43.5 Å². The molecule has 21 heavy (non-hydrogen) atoms. The SMILES string of the molecule is Cc1nc(OCc2ccccc2)ncc1CNC(C)(C)C. The number of rotatable bonds is 5. The molecule has 0 aliphatic rings. The average Bonchev–Trinajstić information content (AvgIpc) is 2.44. The third-order valence-electron chi connectivity index (χ3n) is 3.08. The zero-order valence-electron chi connectivity index (χ0n) is 13.2. The molecule has 1 heterocycles. The predicted octanol–water partition coefficient (Wildman–Crippen LogP) is 3.25. The highest BCUT2D eigenvalue weighted by atomic mass is 16.5. The summed E-state index contributed by atoms with van der Waals surface area (Å²) in [4.78, 5) is 8.70. The lowest BCUT2D eigenvalue weighted by molar-refractivity contribution is 0.279. The Bertz CT molecular complexity index is 576. The molecule has 0 bridgehead atoms. The second-order valence-corrected chi connectivity index (χ2v) is 6.14. The van der Waals surface area contributed by atoms with Crippen molar-refractivity contribution in [3.8, 4) is 6.01 Å². The number of nitrogens with one attached hydrogen (secondary N) is 1. The second-order valence-electron chi connectivity index (χ2n) is 6.14. The Morgan fingerprint density at radius 3 is 2.48 bits per heavy atom. The molecule has 0 fully saturated rings. The lowest BCUT2D eigenvalue weighted by atomic mass is 10.1. The number of nitrogens with zero attached hydrogens (tertiary/aromatic N) is 2. The van der Waals surface area contributed by atoms with E-state index >= 15 is 0 Å². The van der Waals surface area contributed by atoms with Gasteiger partial charge in [-0.05, 0) is 33.3 Å². The fourth-order valence-electron chi connectivity index (χ4n) is 1.80. The van der Waals surface area contributed by atoms with Crippen LogP contribution >= 0.6 is 0 Å². The van der Waals surface area contributed by atoms with Gasteiger partial charge >= 0.3 is 6.01 Å². The van der Waals surface area contributed by atoms with Crippen LogP contribution in [-0.2, 0) is 13.2 Å². The highest BCUT2D eigenvalue weighted by molar-refractivity contribution is 5.19. The maximum atomic E-state index is 5.63. The van der Waals surface area contributed by atoms with Crippen LogP contribution in [-0.4, -0.2) is 15.5 Å². The largest absolute Gasteiger partial charge is 0.459 e. The number of ether oxygens (including phenoxy) is 1. The van der Waals surface area contributed by atoms with Crippen molar-refractivity contribution in [2.45, 2.75) is 46.4 Å². The number of benzene rings is 1. The van der Waals surface area contributed by atoms with Gasteiger partial charge in [-0.15, -0.1) is 0 Å². The summed E-state index contributed by atoms with van der Waals surface area (Å²) in [6.45, 7) is 9.65. The normalized spacial score (nSPS) is 11.4. The predicted molar refractivity (Wildman–Crippen MR) is 84.1 cm³/mol. The minimum absolute atomic E-state index is 0.0783. The van der Waals surface area contributed by atoms with E-state index in [1.165, 1.54) is 0 Å². The van der Waals surface area contributed by atoms with E-state index < -0.39 is 0 Å². The van der Waals surface area contributed by atoms with Crippen molar-refractivity contribution in [1.82, 2.24) is 15.3 Å². The van der Waals surface area contributed by atoms with Gasteiger partial charge in [0.05, 0.1) is 0 Å². The first-order valence-electron chi connectivity index (χ1n) is 7.18. The van der Waals surface area contributed by atoms with Gasteiger partial charge in [0.15, 0.2) is 0 Å². The average molecular weight is 285 g/mol. The number of hydrogen-bond acceptors (Lipinski definition) is 4. The van der Waals surface area contributed by atoms with Crippen LogP contribution in [0.2, 0.25) is 0 Å². The molecule has 0 aliphatic heterocycles. The first-order chi connectivity index (χ1) is 9.94. The summed E-state index contributed by atoms with van der Waals surface area (Å²) < 4.78 is 5.63. The molecule has 0 radical (unpaired) electrons. The van der Waals surface area contributed by atoms with Gasteiger partial charge in [0, 0.05) is 29.5 Å². The standard InChI is InChI=1S/C17H23N3O/c1-13-15(11-19-17(2,3)4)10-18-16(20-13)21-12-14-8-6-5-7-9-14/h5-10,19H,11-12H2,1-4H3. The van der Waals surface area contributed by atoms with E-state index in [9.17, 15) is 0 Å². The number of hydrogen-bond donors (Lipinski definition) is 1. The third-order valence-corrected chi connectivity index (χ3v) is 3.08. The van der Waals surface area contributed by atoms with Crippen LogP contribution in [0.15, 0.2) is 36.5 Å². The van der Waals surface area contributed by atoms with E-state index in [0.717, 1.165) is 23.4 Å². The zero-order chi connectivity index (χ0) is 15.3. The Kier molecular flexibility index (Phi) is 4.91. The molecule has 0 amide bonds. The van der Waals surface area contributed by atoms with Gasteiger partial charge in [-0.3, -0.25) is 0 Å². The summed E-state index contributed by atoms with van der Waals surface area (Å²) in [7, 11) is 0. The lowest BCUT2D eigenvalue weighted by Crippen LogP contribution is -2.35. The van der Waals surface area contributed by atoms with Crippen molar-refractivity contribution in [3.05, 3.63) is 53.3 Å². The first kappa shape index (κ1) is 15.4. The molecule has 1 aromatic heterocycles. The Balaban J connectivity index is 1.95. The number of aromatic nitrogens is 2. The maximum absolute atomic E-state index is 5.63. The molecule has 4 heteroatoms. The first-order valence-corrected chi connectivity index (χ1v) is 7.18. The quantitative estimate of drug-likeness (QED) is 0.916. The highest BCUT2D eigenvalue weighted by Crippen LogP contribution is 2.12. The summed E-state index contributed by atoms with van der Waals surface area (Å²) in [6, 6.07) is 10.4. The molecule has 0 saturated carbocycles. The van der Waals surface area contributed by atoms with E-state index in [4.69, 9.17) is 4.74 Å². The van der Waals surface area contributed by atoms with Crippen LogP contribution in [0.25, 0.3) is 0 Å².